The highest BCUT2D eigenvalue weighted by Gasteiger charge is 2.22. The molecule has 0 bridgehead atoms. The molecule has 6 nitrogen and oxygen atoms in total. The molecule has 6 heteroatoms. The van der Waals surface area contributed by atoms with Gasteiger partial charge in [0.25, 0.3) is 5.91 Å². The van der Waals surface area contributed by atoms with Crippen LogP contribution in [0.5, 0.6) is 0 Å². The molecule has 1 N–H and O–H groups in total. The Kier molecular flexibility index (Phi) is 3.84. The number of carboxylic acid groups (broad SMARTS) is 1. The lowest BCUT2D eigenvalue weighted by Crippen LogP contribution is -2.40. The topological polar surface area (TPSA) is 75.4 Å². The van der Waals surface area contributed by atoms with Gasteiger partial charge in [0.1, 0.15) is 6.04 Å². The predicted molar refractivity (Wildman–Crippen MR) is 72.8 cm³/mol. The largest absolute Gasteiger partial charge is 0.480 e. The van der Waals surface area contributed by atoms with Gasteiger partial charge in [-0.3, -0.25) is 4.79 Å². The van der Waals surface area contributed by atoms with Crippen LogP contribution >= 0.6 is 0 Å². The highest BCUT2D eigenvalue weighted by Crippen LogP contribution is 2.11. The number of hydrogen-bond donors (Lipinski definition) is 1. The van der Waals surface area contributed by atoms with Crippen molar-refractivity contribution in [1.29, 1.82) is 0 Å². The van der Waals surface area contributed by atoms with Gasteiger partial charge < -0.3 is 10.0 Å². The Balaban J connectivity index is 2.18. The third-order valence-corrected chi connectivity index (χ3v) is 3.14. The maximum atomic E-state index is 12.1. The third kappa shape index (κ3) is 2.69. The van der Waals surface area contributed by atoms with Crippen molar-refractivity contribution >= 4 is 11.9 Å². The number of carbonyl (C=O) groups excluding carboxylic acids is 1. The number of carboxylic acids is 1. The summed E-state index contributed by atoms with van der Waals surface area (Å²) in [4.78, 5) is 24.2. The minimum absolute atomic E-state index is 0.327. The van der Waals surface area contributed by atoms with E-state index in [-0.39, 0.29) is 5.91 Å². The van der Waals surface area contributed by atoms with E-state index >= 15 is 0 Å². The first kappa shape index (κ1) is 13.8. The van der Waals surface area contributed by atoms with E-state index in [4.69, 9.17) is 5.11 Å². The van der Waals surface area contributed by atoms with Gasteiger partial charge in [-0.05, 0) is 37.3 Å². The molecule has 1 aromatic heterocycles. The quantitative estimate of drug-likeness (QED) is 0.914. The zero-order valence-electron chi connectivity index (χ0n) is 11.2. The monoisotopic (exact) mass is 273 g/mol. The van der Waals surface area contributed by atoms with E-state index in [1.54, 1.807) is 47.4 Å². The van der Waals surface area contributed by atoms with Crippen molar-refractivity contribution < 1.29 is 14.7 Å². The third-order valence-electron chi connectivity index (χ3n) is 3.14. The fraction of sp³-hybridized carbons (Fsp3) is 0.214. The molecule has 0 aliphatic carbocycles. The van der Waals surface area contributed by atoms with Crippen molar-refractivity contribution in [3.05, 3.63) is 48.3 Å². The zero-order valence-corrected chi connectivity index (χ0v) is 11.2. The lowest BCUT2D eigenvalue weighted by molar-refractivity contribution is -0.141. The number of carbonyl (C=O) groups is 2. The highest BCUT2D eigenvalue weighted by atomic mass is 16.4. The number of likely N-dealkylation sites (N-methyl/N-ethyl adjacent to an activating group) is 1. The molecule has 104 valence electrons. The second kappa shape index (κ2) is 5.56. The van der Waals surface area contributed by atoms with Crippen LogP contribution in [0.4, 0.5) is 0 Å². The second-order valence-electron chi connectivity index (χ2n) is 4.43. The van der Waals surface area contributed by atoms with E-state index < -0.39 is 12.0 Å². The summed E-state index contributed by atoms with van der Waals surface area (Å²) in [7, 11) is 1.47. The molecule has 0 saturated carbocycles. The Labute approximate surface area is 116 Å². The van der Waals surface area contributed by atoms with Gasteiger partial charge in [-0.25, -0.2) is 9.48 Å². The van der Waals surface area contributed by atoms with Crippen LogP contribution in [0.1, 0.15) is 17.3 Å². The van der Waals surface area contributed by atoms with Crippen LogP contribution in [0.25, 0.3) is 5.69 Å². The molecule has 0 spiro atoms. The molecule has 0 radical (unpaired) electrons. The summed E-state index contributed by atoms with van der Waals surface area (Å²) < 4.78 is 1.68. The highest BCUT2D eigenvalue weighted by molar-refractivity contribution is 5.96. The number of aliphatic carboxylic acids is 1. The van der Waals surface area contributed by atoms with Gasteiger partial charge in [0, 0.05) is 25.0 Å². The number of hydrogen-bond acceptors (Lipinski definition) is 3. The van der Waals surface area contributed by atoms with Crippen LogP contribution in [-0.2, 0) is 4.79 Å². The first-order valence-electron chi connectivity index (χ1n) is 6.10. The molecular weight excluding hydrogens is 258 g/mol. The van der Waals surface area contributed by atoms with Crippen LogP contribution in [0, 0.1) is 0 Å². The van der Waals surface area contributed by atoms with Gasteiger partial charge in [-0.2, -0.15) is 5.10 Å². The minimum Gasteiger partial charge on any atom is -0.480 e. The fourth-order valence-electron chi connectivity index (χ4n) is 1.72. The van der Waals surface area contributed by atoms with Gasteiger partial charge in [0.15, 0.2) is 0 Å². The van der Waals surface area contributed by atoms with Gasteiger partial charge in [-0.1, -0.05) is 0 Å². The maximum absolute atomic E-state index is 12.1. The summed E-state index contributed by atoms with van der Waals surface area (Å²) in [5, 5.41) is 13.0. The normalized spacial score (nSPS) is 11.9. The van der Waals surface area contributed by atoms with Crippen molar-refractivity contribution in [2.75, 3.05) is 7.05 Å². The Morgan fingerprint density at radius 3 is 2.45 bits per heavy atom. The molecule has 0 saturated heterocycles. The number of nitrogens with zero attached hydrogens (tertiary/aromatic N) is 3. The zero-order chi connectivity index (χ0) is 14.7. The van der Waals surface area contributed by atoms with Gasteiger partial charge in [-0.15, -0.1) is 0 Å². The minimum atomic E-state index is -1.03. The van der Waals surface area contributed by atoms with Crippen LogP contribution in [-0.4, -0.2) is 44.8 Å². The summed E-state index contributed by atoms with van der Waals surface area (Å²) >= 11 is 0. The molecule has 20 heavy (non-hydrogen) atoms. The molecule has 1 heterocycles. The van der Waals surface area contributed by atoms with Gasteiger partial charge in [0.05, 0.1) is 5.69 Å². The van der Waals surface area contributed by atoms with E-state index in [1.807, 2.05) is 0 Å². The Morgan fingerprint density at radius 2 is 1.95 bits per heavy atom. The van der Waals surface area contributed by atoms with E-state index in [2.05, 4.69) is 5.10 Å². The van der Waals surface area contributed by atoms with E-state index in [9.17, 15) is 9.59 Å². The fourth-order valence-corrected chi connectivity index (χ4v) is 1.72. The summed E-state index contributed by atoms with van der Waals surface area (Å²) in [6.07, 6.45) is 3.47. The van der Waals surface area contributed by atoms with Crippen molar-refractivity contribution in [2.24, 2.45) is 0 Å². The molecule has 1 amide bonds. The first-order chi connectivity index (χ1) is 9.50. The molecule has 0 aliphatic heterocycles. The van der Waals surface area contributed by atoms with Gasteiger partial charge >= 0.3 is 5.97 Å². The Morgan fingerprint density at radius 1 is 1.30 bits per heavy atom. The summed E-state index contributed by atoms with van der Waals surface area (Å²) in [5.41, 5.74) is 1.27. The summed E-state index contributed by atoms with van der Waals surface area (Å²) in [5.74, 6) is -1.36. The predicted octanol–water partition coefficient (Wildman–Crippen LogP) is 1.42. The van der Waals surface area contributed by atoms with Crippen LogP contribution in [0.15, 0.2) is 42.7 Å². The number of rotatable bonds is 4. The van der Waals surface area contributed by atoms with Crippen molar-refractivity contribution in [3.8, 4) is 5.69 Å². The van der Waals surface area contributed by atoms with E-state index in [0.29, 0.717) is 5.56 Å². The maximum Gasteiger partial charge on any atom is 0.326 e. The SMILES string of the molecule is CC(C(=O)O)N(C)C(=O)c1ccc(-n2cccn2)cc1. The van der Waals surface area contributed by atoms with Crippen LogP contribution < -0.4 is 0 Å². The smallest absolute Gasteiger partial charge is 0.326 e. The van der Waals surface area contributed by atoms with E-state index in [1.165, 1.54) is 18.9 Å². The van der Waals surface area contributed by atoms with Crippen molar-refractivity contribution in [1.82, 2.24) is 14.7 Å². The van der Waals surface area contributed by atoms with E-state index in [0.717, 1.165) is 5.69 Å². The number of amides is 1. The molecule has 2 aromatic rings. The number of benzene rings is 1. The molecule has 0 aliphatic rings. The molecule has 1 aromatic carbocycles. The lowest BCUT2D eigenvalue weighted by Gasteiger charge is -2.21. The van der Waals surface area contributed by atoms with Gasteiger partial charge in [0.2, 0.25) is 0 Å². The standard InChI is InChI=1S/C14H15N3O3/c1-10(14(19)20)16(2)13(18)11-4-6-12(7-5-11)17-9-3-8-15-17/h3-10H,1-2H3,(H,19,20). The first-order valence-corrected chi connectivity index (χ1v) is 6.10. The second-order valence-corrected chi connectivity index (χ2v) is 4.43. The van der Waals surface area contributed by atoms with Crippen LogP contribution in [0.3, 0.4) is 0 Å². The van der Waals surface area contributed by atoms with Crippen LogP contribution in [0.2, 0.25) is 0 Å². The van der Waals surface area contributed by atoms with Crippen molar-refractivity contribution in [3.63, 3.8) is 0 Å². The molecule has 1 atom stereocenters. The molecule has 1 unspecified atom stereocenters. The number of aromatic nitrogens is 2. The Hall–Kier alpha value is -2.63. The molecular formula is C14H15N3O3. The molecule has 2 rings (SSSR count). The summed E-state index contributed by atoms with van der Waals surface area (Å²) in [6, 6.07) is 7.78. The average Bonchev–Trinajstić information content (AvgIpc) is 2.99. The average molecular weight is 273 g/mol. The van der Waals surface area contributed by atoms with Crippen molar-refractivity contribution in [2.45, 2.75) is 13.0 Å². The summed E-state index contributed by atoms with van der Waals surface area (Å²) in [6.45, 7) is 1.47. The lowest BCUT2D eigenvalue weighted by atomic mass is 10.1. The molecule has 0 fully saturated rings. The Bertz CT molecular complexity index is 605.